The molecule has 0 unspecified atom stereocenters. The van der Waals surface area contributed by atoms with Gasteiger partial charge in [-0.25, -0.2) is 8.42 Å². The zero-order valence-corrected chi connectivity index (χ0v) is 17.2. The number of carbonyl (C=O) groups is 1. The number of rotatable bonds is 7. The molecule has 146 valence electrons. The topological polar surface area (TPSA) is 84.5 Å². The molecular formula is C19H23ClN2O4S. The Labute approximate surface area is 164 Å². The molecule has 2 aromatic carbocycles. The zero-order chi connectivity index (χ0) is 20.2. The Morgan fingerprint density at radius 3 is 2.56 bits per heavy atom. The molecule has 2 N–H and O–H groups in total. The van der Waals surface area contributed by atoms with Crippen molar-refractivity contribution in [2.45, 2.75) is 38.6 Å². The van der Waals surface area contributed by atoms with Gasteiger partial charge in [0.25, 0.3) is 0 Å². The van der Waals surface area contributed by atoms with Crippen LogP contribution in [0.25, 0.3) is 0 Å². The third kappa shape index (κ3) is 5.22. The van der Waals surface area contributed by atoms with Crippen molar-refractivity contribution in [1.29, 1.82) is 0 Å². The summed E-state index contributed by atoms with van der Waals surface area (Å²) in [6.45, 7) is 7.37. The molecule has 0 aliphatic rings. The molecule has 2 rings (SSSR count). The van der Waals surface area contributed by atoms with Crippen LogP contribution in [0, 0.1) is 13.8 Å². The van der Waals surface area contributed by atoms with Gasteiger partial charge in [0.2, 0.25) is 15.9 Å². The van der Waals surface area contributed by atoms with E-state index in [2.05, 4.69) is 10.0 Å². The van der Waals surface area contributed by atoms with Gasteiger partial charge in [0.1, 0.15) is 5.75 Å². The Hall–Kier alpha value is -2.09. The largest absolute Gasteiger partial charge is 0.494 e. The highest BCUT2D eigenvalue weighted by Crippen LogP contribution is 2.24. The van der Waals surface area contributed by atoms with Crippen LogP contribution in [-0.2, 0) is 14.8 Å². The number of amides is 1. The van der Waals surface area contributed by atoms with Gasteiger partial charge >= 0.3 is 0 Å². The van der Waals surface area contributed by atoms with Crippen LogP contribution in [0.2, 0.25) is 5.02 Å². The highest BCUT2D eigenvalue weighted by Gasteiger charge is 2.23. The molecule has 0 aliphatic heterocycles. The average molecular weight is 411 g/mol. The van der Waals surface area contributed by atoms with Gasteiger partial charge in [0.05, 0.1) is 17.5 Å². The molecule has 6 nitrogen and oxygen atoms in total. The maximum Gasteiger partial charge on any atom is 0.242 e. The van der Waals surface area contributed by atoms with Crippen LogP contribution in [0.15, 0.2) is 41.3 Å². The quantitative estimate of drug-likeness (QED) is 0.729. The van der Waals surface area contributed by atoms with E-state index in [-0.39, 0.29) is 4.90 Å². The summed E-state index contributed by atoms with van der Waals surface area (Å²) in [5.41, 5.74) is 1.95. The summed E-state index contributed by atoms with van der Waals surface area (Å²) in [6.07, 6.45) is 0. The number of nitrogens with one attached hydrogen (secondary N) is 2. The van der Waals surface area contributed by atoms with E-state index in [0.29, 0.717) is 34.2 Å². The van der Waals surface area contributed by atoms with Crippen LogP contribution < -0.4 is 14.8 Å². The molecule has 0 fully saturated rings. The lowest BCUT2D eigenvalue weighted by molar-refractivity contribution is -0.117. The molecule has 0 heterocycles. The minimum Gasteiger partial charge on any atom is -0.494 e. The van der Waals surface area contributed by atoms with Crippen LogP contribution in [0.3, 0.4) is 0 Å². The Morgan fingerprint density at radius 2 is 1.93 bits per heavy atom. The number of aryl methyl sites for hydroxylation is 1. The van der Waals surface area contributed by atoms with E-state index in [9.17, 15) is 13.2 Å². The highest BCUT2D eigenvalue weighted by molar-refractivity contribution is 7.89. The van der Waals surface area contributed by atoms with Crippen molar-refractivity contribution in [2.24, 2.45) is 0 Å². The molecule has 0 bridgehead atoms. The van der Waals surface area contributed by atoms with Gasteiger partial charge in [-0.15, -0.1) is 0 Å². The number of halogens is 1. The van der Waals surface area contributed by atoms with E-state index in [4.69, 9.17) is 16.3 Å². The van der Waals surface area contributed by atoms with Gasteiger partial charge < -0.3 is 10.1 Å². The first-order chi connectivity index (χ1) is 12.7. The lowest BCUT2D eigenvalue weighted by Gasteiger charge is -2.16. The summed E-state index contributed by atoms with van der Waals surface area (Å²) in [5, 5.41) is 3.21. The van der Waals surface area contributed by atoms with Crippen LogP contribution in [0.1, 0.15) is 25.0 Å². The summed E-state index contributed by atoms with van der Waals surface area (Å²) in [7, 11) is -3.86. The maximum atomic E-state index is 12.6. The van der Waals surface area contributed by atoms with E-state index in [1.165, 1.54) is 19.1 Å². The predicted octanol–water partition coefficient (Wildman–Crippen LogP) is 3.66. The van der Waals surface area contributed by atoms with Crippen molar-refractivity contribution >= 4 is 33.2 Å². The van der Waals surface area contributed by atoms with Gasteiger partial charge in [-0.1, -0.05) is 17.7 Å². The normalized spacial score (nSPS) is 12.5. The third-order valence-corrected chi connectivity index (χ3v) is 5.96. The Morgan fingerprint density at radius 1 is 1.22 bits per heavy atom. The second-order valence-electron chi connectivity index (χ2n) is 6.10. The number of carbonyl (C=O) groups excluding carboxylic acids is 1. The number of sulfonamides is 1. The van der Waals surface area contributed by atoms with Crippen molar-refractivity contribution in [3.05, 3.63) is 52.5 Å². The zero-order valence-electron chi connectivity index (χ0n) is 15.7. The molecule has 0 spiro atoms. The number of benzene rings is 2. The van der Waals surface area contributed by atoms with Crippen molar-refractivity contribution in [2.75, 3.05) is 11.9 Å². The summed E-state index contributed by atoms with van der Waals surface area (Å²) < 4.78 is 33.0. The fourth-order valence-electron chi connectivity index (χ4n) is 2.44. The molecule has 0 radical (unpaired) electrons. The predicted molar refractivity (Wildman–Crippen MR) is 107 cm³/mol. The van der Waals surface area contributed by atoms with Crippen molar-refractivity contribution in [1.82, 2.24) is 4.72 Å². The number of anilines is 1. The molecule has 8 heteroatoms. The van der Waals surface area contributed by atoms with E-state index in [1.54, 1.807) is 38.1 Å². The Balaban J connectivity index is 2.13. The number of ether oxygens (including phenoxy) is 1. The average Bonchev–Trinajstić information content (AvgIpc) is 2.60. The molecule has 0 aromatic heterocycles. The minimum absolute atomic E-state index is 0.0713. The van der Waals surface area contributed by atoms with E-state index in [0.717, 1.165) is 0 Å². The minimum atomic E-state index is -3.86. The van der Waals surface area contributed by atoms with Gasteiger partial charge in [-0.05, 0) is 69.2 Å². The molecule has 2 aromatic rings. The Bertz CT molecular complexity index is 945. The second-order valence-corrected chi connectivity index (χ2v) is 8.23. The lowest BCUT2D eigenvalue weighted by Crippen LogP contribution is -2.41. The molecule has 0 saturated heterocycles. The number of hydrogen-bond donors (Lipinski definition) is 2. The van der Waals surface area contributed by atoms with Crippen LogP contribution in [-0.4, -0.2) is 27.0 Å². The van der Waals surface area contributed by atoms with Crippen molar-refractivity contribution in [3.8, 4) is 5.75 Å². The highest BCUT2D eigenvalue weighted by atomic mass is 35.5. The van der Waals surface area contributed by atoms with Crippen LogP contribution in [0.4, 0.5) is 5.69 Å². The maximum absolute atomic E-state index is 12.6. The smallest absolute Gasteiger partial charge is 0.242 e. The lowest BCUT2D eigenvalue weighted by atomic mass is 10.2. The monoisotopic (exact) mass is 410 g/mol. The van der Waals surface area contributed by atoms with E-state index >= 15 is 0 Å². The Kier molecular flexibility index (Phi) is 6.86. The van der Waals surface area contributed by atoms with Crippen molar-refractivity contribution in [3.63, 3.8) is 0 Å². The summed E-state index contributed by atoms with van der Waals surface area (Å²) in [4.78, 5) is 12.5. The SMILES string of the molecule is CCOc1ccc(S(=O)(=O)N[C@@H](C)C(=O)Nc2cccc(Cl)c2C)cc1C. The first kappa shape index (κ1) is 21.2. The standard InChI is InChI=1S/C19H23ClN2O4S/c1-5-26-18-10-9-15(11-12(18)2)27(24,25)22-14(4)19(23)21-17-8-6-7-16(20)13(17)3/h6-11,14,22H,5H2,1-4H3,(H,21,23)/t14-/m0/s1. The summed E-state index contributed by atoms with van der Waals surface area (Å²) >= 11 is 6.04. The van der Waals surface area contributed by atoms with Crippen LogP contribution >= 0.6 is 11.6 Å². The summed E-state index contributed by atoms with van der Waals surface area (Å²) in [6, 6.07) is 8.73. The van der Waals surface area contributed by atoms with Crippen LogP contribution in [0.5, 0.6) is 5.75 Å². The van der Waals surface area contributed by atoms with Gasteiger partial charge in [-0.2, -0.15) is 4.72 Å². The fraction of sp³-hybridized carbons (Fsp3) is 0.316. The summed E-state index contributed by atoms with van der Waals surface area (Å²) in [5.74, 6) is 0.144. The van der Waals surface area contributed by atoms with E-state index < -0.39 is 22.0 Å². The first-order valence-electron chi connectivity index (χ1n) is 8.47. The molecule has 0 aliphatic carbocycles. The van der Waals surface area contributed by atoms with Gasteiger partial charge in [-0.3, -0.25) is 4.79 Å². The molecule has 0 saturated carbocycles. The number of hydrogen-bond acceptors (Lipinski definition) is 4. The molecule has 1 amide bonds. The molecular weight excluding hydrogens is 388 g/mol. The van der Waals surface area contributed by atoms with Gasteiger partial charge in [0.15, 0.2) is 0 Å². The second kappa shape index (κ2) is 8.73. The molecule has 1 atom stereocenters. The molecule has 27 heavy (non-hydrogen) atoms. The van der Waals surface area contributed by atoms with Crippen molar-refractivity contribution < 1.29 is 17.9 Å². The fourth-order valence-corrected chi connectivity index (χ4v) is 3.91. The van der Waals surface area contributed by atoms with Gasteiger partial charge in [0, 0.05) is 10.7 Å². The van der Waals surface area contributed by atoms with E-state index in [1.807, 2.05) is 6.92 Å². The third-order valence-electron chi connectivity index (χ3n) is 4.01. The first-order valence-corrected chi connectivity index (χ1v) is 10.3.